The van der Waals surface area contributed by atoms with Gasteiger partial charge in [0.1, 0.15) is 0 Å². The van der Waals surface area contributed by atoms with Gasteiger partial charge < -0.3 is 0 Å². The highest BCUT2D eigenvalue weighted by atomic mass is 15.1. The van der Waals surface area contributed by atoms with Crippen LogP contribution in [0.25, 0.3) is 0 Å². The summed E-state index contributed by atoms with van der Waals surface area (Å²) in [4.78, 5) is 0. The summed E-state index contributed by atoms with van der Waals surface area (Å²) in [5.74, 6) is 0. The van der Waals surface area contributed by atoms with Crippen LogP contribution in [0.4, 0.5) is 0 Å². The number of fused-ring (bicyclic) bond motifs is 2. The Morgan fingerprint density at radius 2 is 1.23 bits per heavy atom. The van der Waals surface area contributed by atoms with E-state index in [9.17, 15) is 0 Å². The van der Waals surface area contributed by atoms with Crippen LogP contribution in [0.5, 0.6) is 0 Å². The van der Waals surface area contributed by atoms with E-state index < -0.39 is 0 Å². The third kappa shape index (κ3) is 1.93. The summed E-state index contributed by atoms with van der Waals surface area (Å²) in [5, 5.41) is 0. The largest absolute Gasteiger partial charge is 0.197 e. The average Bonchev–Trinajstić information content (AvgIpc) is 2.81. The predicted molar refractivity (Wildman–Crippen MR) is 86.4 cm³/mol. The van der Waals surface area contributed by atoms with Crippen molar-refractivity contribution in [2.45, 2.75) is 63.5 Å². The quantitative estimate of drug-likeness (QED) is 0.751. The van der Waals surface area contributed by atoms with Crippen LogP contribution in [-0.2, 0) is 11.1 Å². The van der Waals surface area contributed by atoms with Crippen molar-refractivity contribution in [2.75, 3.05) is 0 Å². The van der Waals surface area contributed by atoms with Crippen molar-refractivity contribution < 1.29 is 9.13 Å². The Balaban J connectivity index is 1.79. The van der Waals surface area contributed by atoms with Gasteiger partial charge in [-0.2, -0.15) is 9.13 Å². The fourth-order valence-corrected chi connectivity index (χ4v) is 5.20. The lowest BCUT2D eigenvalue weighted by molar-refractivity contribution is -0.801. The van der Waals surface area contributed by atoms with Crippen LogP contribution >= 0.6 is 0 Å². The second-order valence-electron chi connectivity index (χ2n) is 7.40. The monoisotopic (exact) mass is 294 g/mol. The standard InChI is InChI=1S/C20H26N2/c1-17-8-3-5-14-21(17)19-10-7-11-20(16-19,13-12-19)22-15-6-4-9-18(22)2/h3-6,8-9,14-15H,7,10-13,16H2,1-2H3/q+2. The maximum Gasteiger partial charge on any atom is 0.178 e. The lowest BCUT2D eigenvalue weighted by Crippen LogP contribution is -2.63. The number of hydrogen-bond acceptors (Lipinski definition) is 0. The molecule has 2 fully saturated rings. The summed E-state index contributed by atoms with van der Waals surface area (Å²) in [5.41, 5.74) is 3.46. The van der Waals surface area contributed by atoms with Gasteiger partial charge in [-0.1, -0.05) is 12.1 Å². The fraction of sp³-hybridized carbons (Fsp3) is 0.500. The molecule has 22 heavy (non-hydrogen) atoms. The third-order valence-electron chi connectivity index (χ3n) is 6.15. The van der Waals surface area contributed by atoms with Crippen molar-refractivity contribution in [1.82, 2.24) is 0 Å². The van der Waals surface area contributed by atoms with Gasteiger partial charge in [0.05, 0.1) is 6.42 Å². The molecule has 2 bridgehead atoms. The maximum atomic E-state index is 2.58. The topological polar surface area (TPSA) is 7.76 Å². The molecule has 2 atom stereocenters. The maximum absolute atomic E-state index is 2.58. The van der Waals surface area contributed by atoms with E-state index in [0.29, 0.717) is 11.1 Å². The van der Waals surface area contributed by atoms with Gasteiger partial charge >= 0.3 is 0 Å². The highest BCUT2D eigenvalue weighted by molar-refractivity contribution is 5.03. The van der Waals surface area contributed by atoms with Crippen molar-refractivity contribution in [3.8, 4) is 0 Å². The number of aryl methyl sites for hydroxylation is 2. The van der Waals surface area contributed by atoms with Gasteiger partial charge in [0.2, 0.25) is 0 Å². The molecule has 2 heterocycles. The SMILES string of the molecule is Cc1cccc[n+]1C12CCCC([n+]3ccccc3C)(CC1)C2. The van der Waals surface area contributed by atoms with E-state index in [4.69, 9.17) is 0 Å². The second kappa shape index (κ2) is 4.91. The molecule has 2 aliphatic rings. The molecule has 0 spiro atoms. The summed E-state index contributed by atoms with van der Waals surface area (Å²) >= 11 is 0. The Morgan fingerprint density at radius 1 is 0.727 bits per heavy atom. The van der Waals surface area contributed by atoms with E-state index in [1.54, 1.807) is 0 Å². The molecule has 2 aromatic heterocycles. The Labute approximate surface area is 133 Å². The molecular weight excluding hydrogens is 268 g/mol. The van der Waals surface area contributed by atoms with E-state index in [1.165, 1.54) is 49.9 Å². The van der Waals surface area contributed by atoms with Crippen LogP contribution in [-0.4, -0.2) is 0 Å². The molecule has 2 nitrogen and oxygen atoms in total. The minimum absolute atomic E-state index is 0.332. The van der Waals surface area contributed by atoms with E-state index in [-0.39, 0.29) is 0 Å². The number of aromatic nitrogens is 2. The zero-order valence-electron chi connectivity index (χ0n) is 13.8. The zero-order chi connectivity index (χ0) is 15.2. The van der Waals surface area contributed by atoms with Crippen molar-refractivity contribution in [1.29, 1.82) is 0 Å². The van der Waals surface area contributed by atoms with Gasteiger partial charge in [0.25, 0.3) is 0 Å². The first-order valence-corrected chi connectivity index (χ1v) is 8.61. The summed E-state index contributed by atoms with van der Waals surface area (Å²) in [7, 11) is 0. The van der Waals surface area contributed by atoms with Gasteiger partial charge in [-0.25, -0.2) is 0 Å². The lowest BCUT2D eigenvalue weighted by atomic mass is 9.77. The minimum atomic E-state index is 0.332. The van der Waals surface area contributed by atoms with E-state index >= 15 is 0 Å². The summed E-state index contributed by atoms with van der Waals surface area (Å²) in [6, 6.07) is 13.2. The van der Waals surface area contributed by atoms with Crippen LogP contribution < -0.4 is 9.13 Å². The molecule has 0 radical (unpaired) electrons. The molecule has 2 saturated carbocycles. The first kappa shape index (κ1) is 13.9. The summed E-state index contributed by atoms with van der Waals surface area (Å²) < 4.78 is 5.15. The smallest absolute Gasteiger partial charge is 0.178 e. The zero-order valence-corrected chi connectivity index (χ0v) is 13.8. The normalized spacial score (nSPS) is 30.5. The lowest BCUT2D eigenvalue weighted by Gasteiger charge is -2.33. The first-order valence-electron chi connectivity index (χ1n) is 8.61. The van der Waals surface area contributed by atoms with E-state index in [0.717, 1.165) is 0 Å². The molecule has 2 aliphatic carbocycles. The molecule has 0 saturated heterocycles. The predicted octanol–water partition coefficient (Wildman–Crippen LogP) is 3.34. The van der Waals surface area contributed by atoms with Crippen molar-refractivity contribution in [3.05, 3.63) is 60.2 Å². The van der Waals surface area contributed by atoms with Crippen molar-refractivity contribution in [2.24, 2.45) is 0 Å². The fourth-order valence-electron chi connectivity index (χ4n) is 5.20. The molecule has 0 aliphatic heterocycles. The van der Waals surface area contributed by atoms with Gasteiger partial charge in [-0.05, 0) is 6.42 Å². The van der Waals surface area contributed by atoms with Gasteiger partial charge in [0.15, 0.2) is 34.9 Å². The highest BCUT2D eigenvalue weighted by Gasteiger charge is 2.62. The summed E-state index contributed by atoms with van der Waals surface area (Å²) in [6.45, 7) is 4.51. The van der Waals surface area contributed by atoms with Crippen LogP contribution in [0.1, 0.15) is 49.9 Å². The van der Waals surface area contributed by atoms with Crippen molar-refractivity contribution in [3.63, 3.8) is 0 Å². The molecular formula is C20H26N2+2. The third-order valence-corrected chi connectivity index (χ3v) is 6.15. The molecule has 2 aromatic rings. The Hall–Kier alpha value is -1.70. The number of rotatable bonds is 2. The molecule has 2 unspecified atom stereocenters. The average molecular weight is 294 g/mol. The van der Waals surface area contributed by atoms with Crippen LogP contribution in [0.15, 0.2) is 48.8 Å². The van der Waals surface area contributed by atoms with E-state index in [2.05, 4.69) is 71.8 Å². The second-order valence-corrected chi connectivity index (χ2v) is 7.40. The molecule has 4 rings (SSSR count). The number of pyridine rings is 2. The van der Waals surface area contributed by atoms with Crippen LogP contribution in [0.3, 0.4) is 0 Å². The molecule has 2 heteroatoms. The Morgan fingerprint density at radius 3 is 1.68 bits per heavy atom. The van der Waals surface area contributed by atoms with E-state index in [1.807, 2.05) is 0 Å². The van der Waals surface area contributed by atoms with Gasteiger partial charge in [0, 0.05) is 63.8 Å². The number of hydrogen-bond donors (Lipinski definition) is 0. The number of nitrogens with zero attached hydrogens (tertiary/aromatic N) is 2. The molecule has 0 N–H and O–H groups in total. The molecule has 114 valence electrons. The highest BCUT2D eigenvalue weighted by Crippen LogP contribution is 2.51. The van der Waals surface area contributed by atoms with Crippen LogP contribution in [0.2, 0.25) is 0 Å². The minimum Gasteiger partial charge on any atom is -0.197 e. The molecule has 0 aromatic carbocycles. The molecule has 0 amide bonds. The first-order chi connectivity index (χ1) is 10.7. The van der Waals surface area contributed by atoms with Crippen molar-refractivity contribution >= 4 is 0 Å². The van der Waals surface area contributed by atoms with Crippen LogP contribution in [0, 0.1) is 13.8 Å². The summed E-state index contributed by atoms with van der Waals surface area (Å²) in [6.07, 6.45) is 12.5. The Kier molecular flexibility index (Phi) is 3.11. The Bertz CT molecular complexity index is 649. The van der Waals surface area contributed by atoms with Gasteiger partial charge in [-0.3, -0.25) is 0 Å². The van der Waals surface area contributed by atoms with Gasteiger partial charge in [-0.15, -0.1) is 0 Å².